The van der Waals surface area contributed by atoms with Crippen LogP contribution in [0.4, 0.5) is 20.8 Å². The van der Waals surface area contributed by atoms with E-state index in [0.717, 1.165) is 30.1 Å². The van der Waals surface area contributed by atoms with E-state index in [2.05, 4.69) is 15.6 Å². The van der Waals surface area contributed by atoms with Crippen LogP contribution in [0.3, 0.4) is 0 Å². The molecule has 2 amide bonds. The van der Waals surface area contributed by atoms with E-state index in [0.29, 0.717) is 37.9 Å². The molecule has 7 nitrogen and oxygen atoms in total. The molecule has 3 heterocycles. The minimum Gasteiger partial charge on any atom is -0.376 e. The predicted molar refractivity (Wildman–Crippen MR) is 106 cm³/mol. The average Bonchev–Trinajstić information content (AvgIpc) is 3.47. The van der Waals surface area contributed by atoms with E-state index < -0.39 is 0 Å². The van der Waals surface area contributed by atoms with Crippen LogP contribution in [0.1, 0.15) is 30.5 Å². The SMILES string of the molecule is O=C(Nc1ccc(F)cc1)N1CC[C@@]2(COCc3cnc(NCC4CC4)nc32)C1. The van der Waals surface area contributed by atoms with Gasteiger partial charge in [-0.3, -0.25) is 0 Å². The Morgan fingerprint density at radius 1 is 1.31 bits per heavy atom. The van der Waals surface area contributed by atoms with Crippen LogP contribution >= 0.6 is 0 Å². The van der Waals surface area contributed by atoms with Gasteiger partial charge in [0.1, 0.15) is 5.82 Å². The molecule has 1 spiro atoms. The van der Waals surface area contributed by atoms with Gasteiger partial charge >= 0.3 is 6.03 Å². The number of hydrogen-bond donors (Lipinski definition) is 2. The van der Waals surface area contributed by atoms with Crippen LogP contribution in [0.25, 0.3) is 0 Å². The number of fused-ring (bicyclic) bond motifs is 2. The van der Waals surface area contributed by atoms with E-state index in [1.807, 2.05) is 6.20 Å². The minimum atomic E-state index is -0.329. The van der Waals surface area contributed by atoms with Crippen molar-refractivity contribution in [3.05, 3.63) is 47.5 Å². The highest BCUT2D eigenvalue weighted by Gasteiger charge is 2.46. The molecule has 0 unspecified atom stereocenters. The number of aromatic nitrogens is 2. The molecule has 0 bridgehead atoms. The lowest BCUT2D eigenvalue weighted by Gasteiger charge is -2.34. The molecule has 3 aliphatic rings. The Balaban J connectivity index is 1.32. The van der Waals surface area contributed by atoms with Crippen molar-refractivity contribution in [2.45, 2.75) is 31.3 Å². The first kappa shape index (κ1) is 18.3. The second-order valence-corrected chi connectivity index (χ2v) is 8.27. The Hall–Kier alpha value is -2.74. The summed E-state index contributed by atoms with van der Waals surface area (Å²) in [7, 11) is 0. The molecule has 1 saturated carbocycles. The quantitative estimate of drug-likeness (QED) is 0.829. The van der Waals surface area contributed by atoms with Crippen molar-refractivity contribution in [1.82, 2.24) is 14.9 Å². The highest BCUT2D eigenvalue weighted by molar-refractivity contribution is 5.89. The van der Waals surface area contributed by atoms with Crippen molar-refractivity contribution < 1.29 is 13.9 Å². The van der Waals surface area contributed by atoms with Crippen LogP contribution in [-0.2, 0) is 16.8 Å². The lowest BCUT2D eigenvalue weighted by Crippen LogP contribution is -2.42. The van der Waals surface area contributed by atoms with Crippen LogP contribution in [0.2, 0.25) is 0 Å². The van der Waals surface area contributed by atoms with Gasteiger partial charge in [0.25, 0.3) is 0 Å². The molecule has 1 saturated heterocycles. The Kier molecular flexibility index (Phi) is 4.58. The van der Waals surface area contributed by atoms with E-state index in [9.17, 15) is 9.18 Å². The Morgan fingerprint density at radius 3 is 2.93 bits per heavy atom. The van der Waals surface area contributed by atoms with Gasteiger partial charge < -0.3 is 20.3 Å². The number of anilines is 2. The zero-order chi connectivity index (χ0) is 19.8. The van der Waals surface area contributed by atoms with Gasteiger partial charge in [-0.2, -0.15) is 0 Å². The molecule has 2 fully saturated rings. The number of nitrogens with one attached hydrogen (secondary N) is 2. The number of rotatable bonds is 4. The molecule has 29 heavy (non-hydrogen) atoms. The molecule has 1 aliphatic carbocycles. The summed E-state index contributed by atoms with van der Waals surface area (Å²) in [6, 6.07) is 5.59. The van der Waals surface area contributed by atoms with Crippen LogP contribution in [0.5, 0.6) is 0 Å². The Morgan fingerprint density at radius 2 is 2.14 bits per heavy atom. The molecular weight excluding hydrogens is 373 g/mol. The number of halogens is 1. The van der Waals surface area contributed by atoms with Crippen molar-refractivity contribution in [3.63, 3.8) is 0 Å². The summed E-state index contributed by atoms with van der Waals surface area (Å²) in [5, 5.41) is 6.19. The third-order valence-corrected chi connectivity index (χ3v) is 5.99. The van der Waals surface area contributed by atoms with Crippen molar-refractivity contribution in [2.24, 2.45) is 5.92 Å². The van der Waals surface area contributed by atoms with E-state index >= 15 is 0 Å². The molecule has 152 valence electrons. The van der Waals surface area contributed by atoms with E-state index in [1.165, 1.54) is 25.0 Å². The van der Waals surface area contributed by atoms with Gasteiger partial charge in [0, 0.05) is 37.1 Å². The molecule has 1 aromatic carbocycles. The Labute approximate surface area is 168 Å². The average molecular weight is 397 g/mol. The van der Waals surface area contributed by atoms with Crippen LogP contribution in [-0.4, -0.2) is 47.1 Å². The summed E-state index contributed by atoms with van der Waals surface area (Å²) >= 11 is 0. The standard InChI is InChI=1S/C21H24FN5O2/c22-16-3-5-17(6-4-16)25-20(28)27-8-7-21(12-27)13-29-11-15-10-24-19(26-18(15)21)23-9-14-1-2-14/h3-6,10,14H,1-2,7-9,11-13H2,(H,25,28)(H,23,24,26)/t21-/m0/s1. The molecule has 2 aliphatic heterocycles. The Bertz CT molecular complexity index is 918. The van der Waals surface area contributed by atoms with E-state index in [-0.39, 0.29) is 17.3 Å². The van der Waals surface area contributed by atoms with Gasteiger partial charge in [0.15, 0.2) is 0 Å². The summed E-state index contributed by atoms with van der Waals surface area (Å²) in [6.45, 7) is 3.10. The smallest absolute Gasteiger partial charge is 0.321 e. The monoisotopic (exact) mass is 397 g/mol. The topological polar surface area (TPSA) is 79.4 Å². The number of carbonyl (C=O) groups excluding carboxylic acids is 1. The fraction of sp³-hybridized carbons (Fsp3) is 0.476. The van der Waals surface area contributed by atoms with E-state index in [4.69, 9.17) is 9.72 Å². The fourth-order valence-electron chi connectivity index (χ4n) is 4.13. The molecule has 1 aromatic heterocycles. The summed E-state index contributed by atoms with van der Waals surface area (Å²) in [6.07, 6.45) is 5.18. The first-order valence-corrected chi connectivity index (χ1v) is 10.1. The summed E-state index contributed by atoms with van der Waals surface area (Å²) in [5.41, 5.74) is 2.25. The second kappa shape index (κ2) is 7.26. The highest BCUT2D eigenvalue weighted by atomic mass is 19.1. The van der Waals surface area contributed by atoms with E-state index in [1.54, 1.807) is 17.0 Å². The summed E-state index contributed by atoms with van der Waals surface area (Å²) < 4.78 is 18.9. The third kappa shape index (κ3) is 3.76. The maximum atomic E-state index is 13.1. The summed E-state index contributed by atoms with van der Waals surface area (Å²) in [5.74, 6) is 1.07. The van der Waals surface area contributed by atoms with Gasteiger partial charge in [-0.25, -0.2) is 19.2 Å². The molecule has 1 atom stereocenters. The number of amides is 2. The molecule has 5 rings (SSSR count). The fourth-order valence-corrected chi connectivity index (χ4v) is 4.13. The second-order valence-electron chi connectivity index (χ2n) is 8.27. The molecule has 8 heteroatoms. The third-order valence-electron chi connectivity index (χ3n) is 5.99. The van der Waals surface area contributed by atoms with Crippen LogP contribution in [0, 0.1) is 11.7 Å². The number of ether oxygens (including phenoxy) is 1. The molecular formula is C21H24FN5O2. The van der Waals surface area contributed by atoms with Gasteiger partial charge in [0.05, 0.1) is 24.3 Å². The van der Waals surface area contributed by atoms with Crippen molar-refractivity contribution in [3.8, 4) is 0 Å². The van der Waals surface area contributed by atoms with Crippen molar-refractivity contribution in [2.75, 3.05) is 36.9 Å². The maximum Gasteiger partial charge on any atom is 0.321 e. The normalized spacial score (nSPS) is 23.1. The predicted octanol–water partition coefficient (Wildman–Crippen LogP) is 3.14. The van der Waals surface area contributed by atoms with Crippen LogP contribution in [0.15, 0.2) is 30.5 Å². The van der Waals surface area contributed by atoms with Gasteiger partial charge in [-0.15, -0.1) is 0 Å². The van der Waals surface area contributed by atoms with Gasteiger partial charge in [0.2, 0.25) is 5.95 Å². The number of carbonyl (C=O) groups is 1. The maximum absolute atomic E-state index is 13.1. The zero-order valence-corrected chi connectivity index (χ0v) is 16.2. The first-order valence-electron chi connectivity index (χ1n) is 10.1. The van der Waals surface area contributed by atoms with Crippen molar-refractivity contribution >= 4 is 17.7 Å². The first-order chi connectivity index (χ1) is 14.1. The molecule has 2 aromatic rings. The number of urea groups is 1. The van der Waals surface area contributed by atoms with Crippen molar-refractivity contribution in [1.29, 1.82) is 0 Å². The largest absolute Gasteiger partial charge is 0.376 e. The number of nitrogens with zero attached hydrogens (tertiary/aromatic N) is 3. The molecule has 2 N–H and O–H groups in total. The van der Waals surface area contributed by atoms with Gasteiger partial charge in [-0.05, 0) is 49.4 Å². The molecule has 0 radical (unpaired) electrons. The highest BCUT2D eigenvalue weighted by Crippen LogP contribution is 2.39. The summed E-state index contributed by atoms with van der Waals surface area (Å²) in [4.78, 5) is 23.8. The number of hydrogen-bond acceptors (Lipinski definition) is 5. The lowest BCUT2D eigenvalue weighted by atomic mass is 9.81. The zero-order valence-electron chi connectivity index (χ0n) is 16.2. The number of likely N-dealkylation sites (tertiary alicyclic amines) is 1. The van der Waals surface area contributed by atoms with Gasteiger partial charge in [-0.1, -0.05) is 0 Å². The van der Waals surface area contributed by atoms with Crippen LogP contribution < -0.4 is 10.6 Å². The lowest BCUT2D eigenvalue weighted by molar-refractivity contribution is 0.0521. The minimum absolute atomic E-state index is 0.193. The number of benzene rings is 1.